The van der Waals surface area contributed by atoms with Crippen molar-refractivity contribution in [1.82, 2.24) is 5.32 Å². The molecule has 0 bridgehead atoms. The fourth-order valence-corrected chi connectivity index (χ4v) is 3.47. The van der Waals surface area contributed by atoms with E-state index in [1.807, 2.05) is 0 Å². The highest BCUT2D eigenvalue weighted by atomic mass is 19.1. The van der Waals surface area contributed by atoms with Crippen LogP contribution in [0.1, 0.15) is 44.1 Å². The average Bonchev–Trinajstić information content (AvgIpc) is 3.20. The molecule has 1 saturated heterocycles. The van der Waals surface area contributed by atoms with Gasteiger partial charge in [-0.05, 0) is 68.3 Å². The molecule has 1 unspecified atom stereocenters. The van der Waals surface area contributed by atoms with Gasteiger partial charge in [0, 0.05) is 5.54 Å². The molecule has 0 amide bonds. The molecule has 19 heavy (non-hydrogen) atoms. The van der Waals surface area contributed by atoms with Gasteiger partial charge in [-0.25, -0.2) is 8.78 Å². The molecular formula is C16H21F2N. The standard InChI is InChI=1S/C16H21F2N/c17-14-6-7-15(18)12(10-14)11-16(13-4-5-13)8-2-1-3-9-19-16/h6-7,10,13,19H,1-5,8-9,11H2. The van der Waals surface area contributed by atoms with Crippen molar-refractivity contribution in [1.29, 1.82) is 0 Å². The molecule has 0 spiro atoms. The molecule has 1 aromatic carbocycles. The lowest BCUT2D eigenvalue weighted by Gasteiger charge is -2.34. The molecule has 3 heteroatoms. The van der Waals surface area contributed by atoms with Gasteiger partial charge < -0.3 is 5.32 Å². The Kier molecular flexibility index (Phi) is 3.57. The van der Waals surface area contributed by atoms with Gasteiger partial charge in [-0.1, -0.05) is 12.8 Å². The van der Waals surface area contributed by atoms with E-state index in [-0.39, 0.29) is 17.2 Å². The van der Waals surface area contributed by atoms with Gasteiger partial charge in [0.05, 0.1) is 0 Å². The Hall–Kier alpha value is -0.960. The van der Waals surface area contributed by atoms with Gasteiger partial charge >= 0.3 is 0 Å². The summed E-state index contributed by atoms with van der Waals surface area (Å²) in [6.45, 7) is 1.01. The topological polar surface area (TPSA) is 12.0 Å². The smallest absolute Gasteiger partial charge is 0.126 e. The fourth-order valence-electron chi connectivity index (χ4n) is 3.47. The molecule has 1 saturated carbocycles. The first-order valence-electron chi connectivity index (χ1n) is 7.39. The van der Waals surface area contributed by atoms with Crippen molar-refractivity contribution >= 4 is 0 Å². The van der Waals surface area contributed by atoms with Gasteiger partial charge in [0.1, 0.15) is 11.6 Å². The van der Waals surface area contributed by atoms with Gasteiger partial charge in [-0.3, -0.25) is 0 Å². The van der Waals surface area contributed by atoms with Gasteiger partial charge in [-0.2, -0.15) is 0 Å². The molecule has 0 aromatic heterocycles. The molecule has 104 valence electrons. The lowest BCUT2D eigenvalue weighted by Crippen LogP contribution is -2.48. The quantitative estimate of drug-likeness (QED) is 0.876. The van der Waals surface area contributed by atoms with Crippen molar-refractivity contribution in [3.8, 4) is 0 Å². The van der Waals surface area contributed by atoms with Crippen LogP contribution in [0.5, 0.6) is 0 Å². The summed E-state index contributed by atoms with van der Waals surface area (Å²) in [5.41, 5.74) is 0.534. The lowest BCUT2D eigenvalue weighted by atomic mass is 9.82. The van der Waals surface area contributed by atoms with Crippen LogP contribution >= 0.6 is 0 Å². The van der Waals surface area contributed by atoms with Crippen LogP contribution in [0.2, 0.25) is 0 Å². The molecule has 1 aliphatic heterocycles. The molecule has 2 aliphatic rings. The maximum atomic E-state index is 13.9. The fraction of sp³-hybridized carbons (Fsp3) is 0.625. The summed E-state index contributed by atoms with van der Waals surface area (Å²) >= 11 is 0. The predicted octanol–water partition coefficient (Wildman–Crippen LogP) is 3.82. The summed E-state index contributed by atoms with van der Waals surface area (Å²) in [5.74, 6) is 0.0386. The largest absolute Gasteiger partial charge is 0.311 e. The number of hydrogen-bond donors (Lipinski definition) is 1. The molecule has 1 aliphatic carbocycles. The Labute approximate surface area is 113 Å². The van der Waals surface area contributed by atoms with Crippen LogP contribution in [0.25, 0.3) is 0 Å². The van der Waals surface area contributed by atoms with E-state index in [4.69, 9.17) is 0 Å². The first kappa shape index (κ1) is 13.0. The molecule has 0 radical (unpaired) electrons. The van der Waals surface area contributed by atoms with E-state index >= 15 is 0 Å². The highest BCUT2D eigenvalue weighted by Gasteiger charge is 2.45. The second-order valence-electron chi connectivity index (χ2n) is 6.08. The van der Waals surface area contributed by atoms with Gasteiger partial charge in [0.2, 0.25) is 0 Å². The van der Waals surface area contributed by atoms with E-state index in [1.54, 1.807) is 0 Å². The Morgan fingerprint density at radius 2 is 2.00 bits per heavy atom. The summed E-state index contributed by atoms with van der Waals surface area (Å²) in [4.78, 5) is 0. The molecule has 1 nitrogen and oxygen atoms in total. The number of benzene rings is 1. The van der Waals surface area contributed by atoms with Crippen LogP contribution in [0.15, 0.2) is 18.2 Å². The van der Waals surface area contributed by atoms with Crippen molar-refractivity contribution in [2.45, 2.75) is 50.5 Å². The van der Waals surface area contributed by atoms with Gasteiger partial charge in [0.25, 0.3) is 0 Å². The zero-order valence-corrected chi connectivity index (χ0v) is 11.2. The summed E-state index contributed by atoms with van der Waals surface area (Å²) in [6, 6.07) is 3.82. The van der Waals surface area contributed by atoms with Crippen LogP contribution in [-0.2, 0) is 6.42 Å². The van der Waals surface area contributed by atoms with Crippen molar-refractivity contribution in [3.63, 3.8) is 0 Å². The molecular weight excluding hydrogens is 244 g/mol. The van der Waals surface area contributed by atoms with Crippen molar-refractivity contribution in [3.05, 3.63) is 35.4 Å². The SMILES string of the molecule is Fc1ccc(F)c(CC2(C3CC3)CCCCCN2)c1. The van der Waals surface area contributed by atoms with Gasteiger partial charge in [0.15, 0.2) is 0 Å². The van der Waals surface area contributed by atoms with E-state index < -0.39 is 0 Å². The second-order valence-corrected chi connectivity index (χ2v) is 6.08. The van der Waals surface area contributed by atoms with E-state index in [0.29, 0.717) is 17.9 Å². The highest BCUT2D eigenvalue weighted by molar-refractivity contribution is 5.23. The van der Waals surface area contributed by atoms with Crippen LogP contribution in [-0.4, -0.2) is 12.1 Å². The summed E-state index contributed by atoms with van der Waals surface area (Å²) in [6.07, 6.45) is 7.80. The summed E-state index contributed by atoms with van der Waals surface area (Å²) < 4.78 is 27.2. The maximum absolute atomic E-state index is 13.9. The zero-order chi connectivity index (χ0) is 13.3. The first-order chi connectivity index (χ1) is 9.20. The normalized spacial score (nSPS) is 28.1. The summed E-state index contributed by atoms with van der Waals surface area (Å²) in [5, 5.41) is 3.66. The number of nitrogens with one attached hydrogen (secondary N) is 1. The van der Waals surface area contributed by atoms with Gasteiger partial charge in [-0.15, -0.1) is 0 Å². The molecule has 1 heterocycles. The Morgan fingerprint density at radius 1 is 1.16 bits per heavy atom. The second kappa shape index (κ2) is 5.20. The Morgan fingerprint density at radius 3 is 2.79 bits per heavy atom. The third-order valence-electron chi connectivity index (χ3n) is 4.65. The Balaban J connectivity index is 1.86. The molecule has 1 atom stereocenters. The monoisotopic (exact) mass is 265 g/mol. The molecule has 1 aromatic rings. The minimum absolute atomic E-state index is 0.00509. The third-order valence-corrected chi connectivity index (χ3v) is 4.65. The molecule has 1 N–H and O–H groups in total. The van der Waals surface area contributed by atoms with Crippen LogP contribution in [0, 0.1) is 17.6 Å². The van der Waals surface area contributed by atoms with Crippen LogP contribution in [0.3, 0.4) is 0 Å². The van der Waals surface area contributed by atoms with E-state index in [1.165, 1.54) is 50.3 Å². The van der Waals surface area contributed by atoms with E-state index in [9.17, 15) is 8.78 Å². The number of halogens is 2. The summed E-state index contributed by atoms with van der Waals surface area (Å²) in [7, 11) is 0. The first-order valence-corrected chi connectivity index (χ1v) is 7.39. The molecule has 3 rings (SSSR count). The van der Waals surface area contributed by atoms with E-state index in [2.05, 4.69) is 5.32 Å². The van der Waals surface area contributed by atoms with E-state index in [0.717, 1.165) is 13.0 Å². The van der Waals surface area contributed by atoms with Crippen molar-refractivity contribution < 1.29 is 8.78 Å². The van der Waals surface area contributed by atoms with Crippen molar-refractivity contribution in [2.75, 3.05) is 6.54 Å². The minimum atomic E-state index is -0.337. The number of rotatable bonds is 3. The molecule has 2 fully saturated rings. The van der Waals surface area contributed by atoms with Crippen LogP contribution < -0.4 is 5.32 Å². The number of hydrogen-bond acceptors (Lipinski definition) is 1. The average molecular weight is 265 g/mol. The predicted molar refractivity (Wildman–Crippen MR) is 72.0 cm³/mol. The Bertz CT molecular complexity index is 446. The lowest BCUT2D eigenvalue weighted by molar-refractivity contribution is 0.268. The van der Waals surface area contributed by atoms with Crippen LogP contribution in [0.4, 0.5) is 8.78 Å². The zero-order valence-electron chi connectivity index (χ0n) is 11.2. The van der Waals surface area contributed by atoms with Crippen molar-refractivity contribution in [2.24, 2.45) is 5.92 Å². The minimum Gasteiger partial charge on any atom is -0.311 e. The third kappa shape index (κ3) is 2.81. The highest BCUT2D eigenvalue weighted by Crippen LogP contribution is 2.45. The maximum Gasteiger partial charge on any atom is 0.126 e.